The van der Waals surface area contributed by atoms with Gasteiger partial charge in [0.25, 0.3) is 0 Å². The Labute approximate surface area is 285 Å². The quantitative estimate of drug-likeness (QED) is 0.168. The maximum atomic E-state index is 14.1. The van der Waals surface area contributed by atoms with Crippen LogP contribution in [-0.2, 0) is 43.7 Å². The number of halogens is 1. The van der Waals surface area contributed by atoms with Crippen molar-refractivity contribution in [3.63, 3.8) is 0 Å². The molecule has 0 aromatic heterocycles. The van der Waals surface area contributed by atoms with Gasteiger partial charge in [0.1, 0.15) is 11.4 Å². The number of aryl methyl sites for hydroxylation is 3. The third-order valence-electron chi connectivity index (χ3n) is 8.54. The molecule has 8 nitrogen and oxygen atoms in total. The Bertz CT molecular complexity index is 1730. The molecule has 0 fully saturated rings. The van der Waals surface area contributed by atoms with Crippen LogP contribution < -0.4 is 5.32 Å². The number of esters is 1. The van der Waals surface area contributed by atoms with E-state index >= 15 is 0 Å². The smallest absolute Gasteiger partial charge is 0.407 e. The van der Waals surface area contributed by atoms with E-state index < -0.39 is 21.7 Å². The largest absolute Gasteiger partial charge is 0.466 e. The number of fused-ring (bicyclic) bond motifs is 1. The van der Waals surface area contributed by atoms with Crippen molar-refractivity contribution in [2.24, 2.45) is 5.92 Å². The van der Waals surface area contributed by atoms with Crippen LogP contribution in [0.3, 0.4) is 0 Å². The van der Waals surface area contributed by atoms with Gasteiger partial charge in [-0.1, -0.05) is 43.3 Å². The van der Waals surface area contributed by atoms with E-state index in [0.717, 1.165) is 38.9 Å². The summed E-state index contributed by atoms with van der Waals surface area (Å²) < 4.78 is 54.4. The summed E-state index contributed by atoms with van der Waals surface area (Å²) in [5.41, 5.74) is 5.42. The molecule has 1 aliphatic heterocycles. The number of nitrogens with zero attached hydrogens (tertiary/aromatic N) is 1. The Hall–Kier alpha value is -3.76. The van der Waals surface area contributed by atoms with Crippen LogP contribution in [0.25, 0.3) is 0 Å². The van der Waals surface area contributed by atoms with E-state index in [1.54, 1.807) is 23.4 Å². The maximum absolute atomic E-state index is 14.1. The Morgan fingerprint density at radius 3 is 2.48 bits per heavy atom. The average molecular weight is 681 g/mol. The van der Waals surface area contributed by atoms with Crippen LogP contribution in [0.2, 0.25) is 0 Å². The molecule has 0 saturated carbocycles. The van der Waals surface area contributed by atoms with Crippen LogP contribution in [0.4, 0.5) is 9.18 Å². The number of alkyl carbamates (subject to hydrolysis) is 1. The van der Waals surface area contributed by atoms with Crippen LogP contribution in [-0.4, -0.2) is 50.1 Å². The molecular formula is C38H49FN2O6S. The second-order valence-electron chi connectivity index (χ2n) is 13.8. The van der Waals surface area contributed by atoms with E-state index in [-0.39, 0.29) is 43.2 Å². The molecule has 0 aliphatic carbocycles. The molecule has 0 radical (unpaired) electrons. The number of amides is 1. The highest BCUT2D eigenvalue weighted by atomic mass is 32.2. The summed E-state index contributed by atoms with van der Waals surface area (Å²) in [5.74, 6) is -1.01. The Kier molecular flexibility index (Phi) is 12.1. The van der Waals surface area contributed by atoms with E-state index in [1.165, 1.54) is 12.1 Å². The fraction of sp³-hybridized carbons (Fsp3) is 0.474. The lowest BCUT2D eigenvalue weighted by atomic mass is 9.84. The van der Waals surface area contributed by atoms with E-state index in [2.05, 4.69) is 12.2 Å². The second kappa shape index (κ2) is 15.6. The molecule has 0 saturated heterocycles. The highest BCUT2D eigenvalue weighted by molar-refractivity contribution is 7.89. The molecule has 0 bridgehead atoms. The van der Waals surface area contributed by atoms with Gasteiger partial charge in [-0.15, -0.1) is 0 Å². The van der Waals surface area contributed by atoms with Crippen molar-refractivity contribution in [3.05, 3.63) is 99.4 Å². The van der Waals surface area contributed by atoms with E-state index in [0.29, 0.717) is 37.2 Å². The third kappa shape index (κ3) is 9.66. The first-order valence-electron chi connectivity index (χ1n) is 16.7. The minimum atomic E-state index is -3.82. The zero-order chi connectivity index (χ0) is 35.2. The Balaban J connectivity index is 1.56. The van der Waals surface area contributed by atoms with Gasteiger partial charge in [0.15, 0.2) is 0 Å². The number of carbonyl (C=O) groups is 2. The fourth-order valence-electron chi connectivity index (χ4n) is 6.26. The van der Waals surface area contributed by atoms with Crippen LogP contribution in [0, 0.1) is 25.6 Å². The minimum absolute atomic E-state index is 0.0760. The number of sulfonamides is 1. The molecule has 1 N–H and O–H groups in total. The van der Waals surface area contributed by atoms with Crippen LogP contribution in [0.15, 0.2) is 59.5 Å². The first-order valence-corrected chi connectivity index (χ1v) is 18.1. The van der Waals surface area contributed by atoms with Gasteiger partial charge in [-0.25, -0.2) is 17.6 Å². The summed E-state index contributed by atoms with van der Waals surface area (Å²) in [7, 11) is -3.82. The normalized spacial score (nSPS) is 16.8. The first-order chi connectivity index (χ1) is 22.6. The molecule has 1 amide bonds. The standard InChI is InChI=1S/C38H49FN2O6S/c1-8-46-36(42)22-34(33-15-14-32(39)19-27(33)4)29-13-11-26(3)31(21-29)24-41-23-25(2)18-30-20-28(12-16-35(30)48(41,44)45)10-9-17-40-37(43)47-38(5,6)7/h11-16,19-21,25,34H,8-10,17-18,22-24H2,1-7H3,(H,40,43). The van der Waals surface area contributed by atoms with Gasteiger partial charge in [-0.05, 0) is 124 Å². The van der Waals surface area contributed by atoms with Crippen molar-refractivity contribution in [1.82, 2.24) is 9.62 Å². The number of carbonyl (C=O) groups excluding carboxylic acids is 2. The summed E-state index contributed by atoms with van der Waals surface area (Å²) >= 11 is 0. The van der Waals surface area contributed by atoms with Crippen LogP contribution in [0.1, 0.15) is 92.3 Å². The van der Waals surface area contributed by atoms with Gasteiger partial charge in [0, 0.05) is 25.6 Å². The molecular weight excluding hydrogens is 631 g/mol. The van der Waals surface area contributed by atoms with E-state index in [4.69, 9.17) is 9.47 Å². The summed E-state index contributed by atoms with van der Waals surface area (Å²) in [6, 6.07) is 16.0. The number of benzene rings is 3. The number of rotatable bonds is 11. The molecule has 1 aliphatic rings. The van der Waals surface area contributed by atoms with Crippen molar-refractivity contribution < 1.29 is 31.9 Å². The second-order valence-corrected chi connectivity index (χ2v) is 15.7. The van der Waals surface area contributed by atoms with E-state index in [1.807, 2.05) is 65.0 Å². The molecule has 1 heterocycles. The highest BCUT2D eigenvalue weighted by Gasteiger charge is 2.33. The number of nitrogens with one attached hydrogen (secondary N) is 1. The zero-order valence-electron chi connectivity index (χ0n) is 29.2. The summed E-state index contributed by atoms with van der Waals surface area (Å²) in [5, 5.41) is 2.77. The lowest BCUT2D eigenvalue weighted by Gasteiger charge is -2.25. The van der Waals surface area contributed by atoms with Crippen molar-refractivity contribution in [1.29, 1.82) is 0 Å². The molecule has 48 heavy (non-hydrogen) atoms. The summed E-state index contributed by atoms with van der Waals surface area (Å²) in [6.07, 6.45) is 1.63. The molecule has 10 heteroatoms. The predicted molar refractivity (Wildman–Crippen MR) is 185 cm³/mol. The molecule has 3 aromatic rings. The van der Waals surface area contributed by atoms with Crippen molar-refractivity contribution in [3.8, 4) is 0 Å². The molecule has 2 atom stereocenters. The monoisotopic (exact) mass is 680 g/mol. The van der Waals surface area contributed by atoms with Crippen molar-refractivity contribution in [2.45, 2.75) is 97.1 Å². The third-order valence-corrected chi connectivity index (χ3v) is 10.5. The van der Waals surface area contributed by atoms with Crippen molar-refractivity contribution in [2.75, 3.05) is 19.7 Å². The fourth-order valence-corrected chi connectivity index (χ4v) is 8.02. The SMILES string of the molecule is CCOC(=O)CC(c1ccc(C)c(CN2CC(C)Cc3cc(CCCNC(=O)OC(C)(C)C)ccc3S2(=O)=O)c1)c1ccc(F)cc1C. The lowest BCUT2D eigenvalue weighted by Crippen LogP contribution is -2.33. The van der Waals surface area contributed by atoms with Crippen LogP contribution in [0.5, 0.6) is 0 Å². The maximum Gasteiger partial charge on any atom is 0.407 e. The average Bonchev–Trinajstić information content (AvgIpc) is 3.07. The van der Waals surface area contributed by atoms with Crippen LogP contribution >= 0.6 is 0 Å². The number of hydrogen-bond acceptors (Lipinski definition) is 6. The minimum Gasteiger partial charge on any atom is -0.466 e. The number of ether oxygens (including phenoxy) is 2. The van der Waals surface area contributed by atoms with Gasteiger partial charge in [0.2, 0.25) is 10.0 Å². The highest BCUT2D eigenvalue weighted by Crippen LogP contribution is 2.35. The Morgan fingerprint density at radius 2 is 1.79 bits per heavy atom. The summed E-state index contributed by atoms with van der Waals surface area (Å²) in [4.78, 5) is 25.0. The van der Waals surface area contributed by atoms with Gasteiger partial charge in [-0.2, -0.15) is 4.31 Å². The molecule has 260 valence electrons. The molecule has 4 rings (SSSR count). The molecule has 0 spiro atoms. The Morgan fingerprint density at radius 1 is 1.04 bits per heavy atom. The van der Waals surface area contributed by atoms with Gasteiger partial charge >= 0.3 is 12.1 Å². The summed E-state index contributed by atoms with van der Waals surface area (Å²) in [6.45, 7) is 14.3. The zero-order valence-corrected chi connectivity index (χ0v) is 30.0. The van der Waals surface area contributed by atoms with Gasteiger partial charge in [0.05, 0.1) is 17.9 Å². The predicted octanol–water partition coefficient (Wildman–Crippen LogP) is 7.37. The van der Waals surface area contributed by atoms with E-state index in [9.17, 15) is 22.4 Å². The van der Waals surface area contributed by atoms with Gasteiger partial charge in [-0.3, -0.25) is 4.79 Å². The number of hydrogen-bond donors (Lipinski definition) is 1. The lowest BCUT2D eigenvalue weighted by molar-refractivity contribution is -0.143. The van der Waals surface area contributed by atoms with Gasteiger partial charge < -0.3 is 14.8 Å². The molecule has 2 unspecified atom stereocenters. The van der Waals surface area contributed by atoms with Crippen molar-refractivity contribution >= 4 is 22.1 Å². The first kappa shape index (κ1) is 37.1. The topological polar surface area (TPSA) is 102 Å². The molecule has 3 aromatic carbocycles.